The fourth-order valence-electron chi connectivity index (χ4n) is 1.80. The van der Waals surface area contributed by atoms with Crippen molar-refractivity contribution < 1.29 is 0 Å². The average Bonchev–Trinajstić information content (AvgIpc) is 2.76. The average molecular weight is 277 g/mol. The number of nitrogens with zero attached hydrogens (tertiary/aromatic N) is 2. The van der Waals surface area contributed by atoms with E-state index in [1.165, 1.54) is 0 Å². The van der Waals surface area contributed by atoms with Gasteiger partial charge in [-0.2, -0.15) is 4.98 Å². The molecule has 0 unspecified atom stereocenters. The highest BCUT2D eigenvalue weighted by atomic mass is 35.5. The van der Waals surface area contributed by atoms with Gasteiger partial charge in [-0.3, -0.25) is 9.78 Å². The van der Waals surface area contributed by atoms with Crippen molar-refractivity contribution in [2.45, 2.75) is 0 Å². The number of aromatic amines is 2. The molecule has 0 spiro atoms. The Kier molecular flexibility index (Phi) is 2.42. The zero-order valence-electron chi connectivity index (χ0n) is 9.57. The van der Waals surface area contributed by atoms with Crippen LogP contribution in [0.1, 0.15) is 0 Å². The first-order valence-corrected chi connectivity index (χ1v) is 5.74. The summed E-state index contributed by atoms with van der Waals surface area (Å²) in [4.78, 5) is 25.1. The van der Waals surface area contributed by atoms with Crippen molar-refractivity contribution in [1.82, 2.24) is 19.9 Å². The van der Waals surface area contributed by atoms with Crippen LogP contribution >= 0.6 is 11.6 Å². The van der Waals surface area contributed by atoms with E-state index in [0.717, 1.165) is 0 Å². The fourth-order valence-corrected chi connectivity index (χ4v) is 1.97. The quantitative estimate of drug-likeness (QED) is 0.496. The van der Waals surface area contributed by atoms with Crippen LogP contribution < -0.4 is 17.0 Å². The molecule has 0 aliphatic carbocycles. The van der Waals surface area contributed by atoms with Gasteiger partial charge in [0, 0.05) is 5.56 Å². The second kappa shape index (κ2) is 3.99. The predicted molar refractivity (Wildman–Crippen MR) is 73.8 cm³/mol. The van der Waals surface area contributed by atoms with Crippen LogP contribution in [0.15, 0.2) is 23.0 Å². The first-order chi connectivity index (χ1) is 9.06. The maximum Gasteiger partial charge on any atom is 0.278 e. The van der Waals surface area contributed by atoms with Crippen molar-refractivity contribution in [3.05, 3.63) is 33.6 Å². The molecule has 2 heterocycles. The number of hydrogen-bond donors (Lipinski definition) is 4. The molecule has 0 amide bonds. The van der Waals surface area contributed by atoms with Gasteiger partial charge in [0.25, 0.3) is 5.56 Å². The Labute approximate surface area is 111 Å². The molecule has 0 aliphatic rings. The summed E-state index contributed by atoms with van der Waals surface area (Å²) in [5.74, 6) is 0.424. The number of aromatic nitrogens is 4. The topological polar surface area (TPSA) is 126 Å². The van der Waals surface area contributed by atoms with Gasteiger partial charge in [0.1, 0.15) is 5.82 Å². The number of halogens is 1. The molecule has 6 N–H and O–H groups in total. The van der Waals surface area contributed by atoms with Crippen LogP contribution in [0.2, 0.25) is 5.02 Å². The van der Waals surface area contributed by atoms with E-state index in [1.807, 2.05) is 0 Å². The van der Waals surface area contributed by atoms with Gasteiger partial charge < -0.3 is 16.5 Å². The molecule has 0 aliphatic heterocycles. The molecule has 0 atom stereocenters. The zero-order valence-corrected chi connectivity index (χ0v) is 10.3. The van der Waals surface area contributed by atoms with Crippen LogP contribution in [0.3, 0.4) is 0 Å². The smallest absolute Gasteiger partial charge is 0.278 e. The van der Waals surface area contributed by atoms with Crippen LogP contribution in [-0.4, -0.2) is 19.9 Å². The highest BCUT2D eigenvalue weighted by Crippen LogP contribution is 2.30. The summed E-state index contributed by atoms with van der Waals surface area (Å²) in [5.41, 5.74) is 12.4. The third-order valence-corrected chi connectivity index (χ3v) is 3.02. The highest BCUT2D eigenvalue weighted by Gasteiger charge is 2.13. The van der Waals surface area contributed by atoms with Crippen LogP contribution in [-0.2, 0) is 0 Å². The Morgan fingerprint density at radius 1 is 1.16 bits per heavy atom. The van der Waals surface area contributed by atoms with Crippen LogP contribution in [0.5, 0.6) is 0 Å². The number of nitrogens with two attached hydrogens (primary N) is 2. The summed E-state index contributed by atoms with van der Waals surface area (Å²) >= 11 is 5.95. The molecule has 0 fully saturated rings. The zero-order chi connectivity index (χ0) is 13.6. The first-order valence-electron chi connectivity index (χ1n) is 5.36. The Morgan fingerprint density at radius 3 is 2.74 bits per heavy atom. The van der Waals surface area contributed by atoms with Crippen molar-refractivity contribution >= 4 is 34.4 Å². The van der Waals surface area contributed by atoms with Gasteiger partial charge in [0.2, 0.25) is 5.95 Å². The predicted octanol–water partition coefficient (Wildman–Crippen LogP) is 1.13. The van der Waals surface area contributed by atoms with Crippen molar-refractivity contribution in [1.29, 1.82) is 0 Å². The Balaban J connectivity index is 2.30. The number of rotatable bonds is 1. The molecule has 19 heavy (non-hydrogen) atoms. The summed E-state index contributed by atoms with van der Waals surface area (Å²) in [6.45, 7) is 0. The van der Waals surface area contributed by atoms with Gasteiger partial charge in [-0.15, -0.1) is 0 Å². The van der Waals surface area contributed by atoms with Crippen molar-refractivity contribution in [2.75, 3.05) is 11.5 Å². The minimum absolute atomic E-state index is 0.00890. The second-order valence-corrected chi connectivity index (χ2v) is 4.34. The van der Waals surface area contributed by atoms with E-state index in [4.69, 9.17) is 23.1 Å². The number of nitrogen functional groups attached to an aromatic ring is 2. The largest absolute Gasteiger partial charge is 0.397 e. The van der Waals surface area contributed by atoms with E-state index in [0.29, 0.717) is 22.1 Å². The molecular weight excluding hydrogens is 268 g/mol. The SMILES string of the molecule is Nc1nc2nc(-c3cccc(Cl)c3N)[nH]c2c(=O)[nH]1. The number of fused-ring (bicyclic) bond motifs is 1. The normalized spacial score (nSPS) is 11.0. The third kappa shape index (κ3) is 1.80. The van der Waals surface area contributed by atoms with E-state index in [2.05, 4.69) is 19.9 Å². The Hall–Kier alpha value is -2.54. The lowest BCUT2D eigenvalue weighted by Gasteiger charge is -2.03. The minimum atomic E-state index is -0.387. The van der Waals surface area contributed by atoms with E-state index < -0.39 is 0 Å². The standard InChI is InChI=1S/C11H9ClN6O/c12-5-3-1-2-4(6(5)13)8-15-7-9(16-8)17-11(14)18-10(7)19/h1-3H,13H2,(H4,14,15,16,17,18,19). The molecule has 0 saturated carbocycles. The molecule has 7 nitrogen and oxygen atoms in total. The molecule has 3 rings (SSSR count). The highest BCUT2D eigenvalue weighted by molar-refractivity contribution is 6.33. The maximum absolute atomic E-state index is 11.7. The molecule has 2 aromatic heterocycles. The molecule has 0 bridgehead atoms. The molecule has 3 aromatic rings. The summed E-state index contributed by atoms with van der Waals surface area (Å²) in [7, 11) is 0. The molecule has 8 heteroatoms. The minimum Gasteiger partial charge on any atom is -0.397 e. The lowest BCUT2D eigenvalue weighted by molar-refractivity contribution is 1.17. The molecule has 0 radical (unpaired) electrons. The van der Waals surface area contributed by atoms with E-state index in [1.54, 1.807) is 18.2 Å². The van der Waals surface area contributed by atoms with E-state index in [-0.39, 0.29) is 22.7 Å². The van der Waals surface area contributed by atoms with Crippen LogP contribution in [0.25, 0.3) is 22.6 Å². The second-order valence-electron chi connectivity index (χ2n) is 3.94. The summed E-state index contributed by atoms with van der Waals surface area (Å²) in [6, 6.07) is 5.16. The van der Waals surface area contributed by atoms with Gasteiger partial charge in [0.05, 0.1) is 10.7 Å². The lowest BCUT2D eigenvalue weighted by Crippen LogP contribution is -2.10. The van der Waals surface area contributed by atoms with Gasteiger partial charge in [-0.25, -0.2) is 4.98 Å². The molecular formula is C11H9ClN6O. The van der Waals surface area contributed by atoms with E-state index >= 15 is 0 Å². The number of para-hydroxylation sites is 1. The number of nitrogens with one attached hydrogen (secondary N) is 2. The molecule has 0 saturated heterocycles. The van der Waals surface area contributed by atoms with Gasteiger partial charge in [-0.1, -0.05) is 17.7 Å². The first kappa shape index (κ1) is 11.5. The number of H-pyrrole nitrogens is 2. The van der Waals surface area contributed by atoms with Gasteiger partial charge in [-0.05, 0) is 12.1 Å². The summed E-state index contributed by atoms with van der Waals surface area (Å²) in [5, 5.41) is 0.416. The summed E-state index contributed by atoms with van der Waals surface area (Å²) < 4.78 is 0. The number of anilines is 2. The van der Waals surface area contributed by atoms with Crippen molar-refractivity contribution in [3.63, 3.8) is 0 Å². The summed E-state index contributed by atoms with van der Waals surface area (Å²) in [6.07, 6.45) is 0. The molecule has 96 valence electrons. The van der Waals surface area contributed by atoms with Crippen molar-refractivity contribution in [3.8, 4) is 11.4 Å². The lowest BCUT2D eigenvalue weighted by atomic mass is 10.2. The molecule has 1 aromatic carbocycles. The monoisotopic (exact) mass is 276 g/mol. The van der Waals surface area contributed by atoms with Gasteiger partial charge >= 0.3 is 0 Å². The third-order valence-electron chi connectivity index (χ3n) is 2.69. The number of hydrogen-bond acceptors (Lipinski definition) is 5. The maximum atomic E-state index is 11.7. The fraction of sp³-hybridized carbons (Fsp3) is 0. The van der Waals surface area contributed by atoms with E-state index in [9.17, 15) is 4.79 Å². The van der Waals surface area contributed by atoms with Crippen LogP contribution in [0.4, 0.5) is 11.6 Å². The van der Waals surface area contributed by atoms with Crippen molar-refractivity contribution in [2.24, 2.45) is 0 Å². The Morgan fingerprint density at radius 2 is 1.95 bits per heavy atom. The number of benzene rings is 1. The Bertz CT molecular complexity index is 837. The number of imidazole rings is 1. The van der Waals surface area contributed by atoms with Crippen LogP contribution in [0, 0.1) is 0 Å². The van der Waals surface area contributed by atoms with Gasteiger partial charge in [0.15, 0.2) is 11.2 Å².